The average molecular weight is 1600 g/mol. The van der Waals surface area contributed by atoms with Gasteiger partial charge >= 0.3 is 47.8 Å². The van der Waals surface area contributed by atoms with Gasteiger partial charge in [0, 0.05) is 90.8 Å². The van der Waals surface area contributed by atoms with Crippen LogP contribution in [0.3, 0.4) is 0 Å². The Kier molecular flexibility index (Phi) is 24.8. The molecule has 4 fully saturated rings. The maximum atomic E-state index is 12.7. The highest BCUT2D eigenvalue weighted by Gasteiger charge is 2.49. The molecule has 0 saturated carbocycles. The van der Waals surface area contributed by atoms with Crippen LogP contribution in [0.4, 0.5) is 0 Å². The standard InChI is InChI=1S/C25H23ClO5.C23H22O6.C23H22O5.C21H20O5S/c1-14-10-20-12-18(25(28)30-20)13-22-24(15(2)16(3)29-22)21(11-14)31-23(27)9-6-17-4-7-19(26)8-5-17;1-13-9-18-11-16(23(25)28-18)12-20-22(14(2)15(3)27-20)19(10-13)29-21(24)7-6-17-5-4-8-26-17;1-13-9-18-11-17(23(25)27-18)12-20-21(14(2)15(3)26-20)19(10-13)28-22(24)16-7-5-4-6-8-16;1-11-7-15-9-14(20(22)25-15)10-17-19(12(2)13(3)24-17)16(8-11)26-21(23)18-5-4-6-27-18/h4-9,11-12,20-22,24H,2-3,10,13H2,1H3;4-8,10-11,18-20,22H,2-3,9,12H2,1H3;4-8,10-11,18-21H,2-3,9,12H2,1H3;4-6,8-9,15-17,19H,2-3,7,10H2,1H3/b9-6+,14-11+;7-6+,13-10+;13-10+;11-8+/t20-,21-,22?,24+;18-,19-,20?,22+;18-,19-,20?,21+;15-,16-,17?,19+/m1111/s1. The molecule has 4 saturated heterocycles. The van der Waals surface area contributed by atoms with E-state index >= 15 is 0 Å². The molecule has 12 aliphatic rings. The van der Waals surface area contributed by atoms with E-state index in [1.165, 1.54) is 29.8 Å². The lowest BCUT2D eigenvalue weighted by atomic mass is 9.85. The van der Waals surface area contributed by atoms with Crippen molar-refractivity contribution < 1.29 is 99.6 Å². The number of allylic oxidation sites excluding steroid dienone is 4. The third-order valence-electron chi connectivity index (χ3n) is 21.4. The van der Waals surface area contributed by atoms with Crippen LogP contribution in [0, 0.1) is 23.7 Å². The molecule has 4 aliphatic carbocycles. The van der Waals surface area contributed by atoms with E-state index in [1.54, 1.807) is 66.7 Å². The number of thiophene rings is 1. The van der Waals surface area contributed by atoms with Crippen molar-refractivity contribution >= 4 is 82.8 Å². The van der Waals surface area contributed by atoms with Crippen LogP contribution in [0.1, 0.15) is 110 Å². The summed E-state index contributed by atoms with van der Waals surface area (Å²) in [4.78, 5) is 99.7. The molecule has 115 heavy (non-hydrogen) atoms. The zero-order chi connectivity index (χ0) is 81.6. The maximum Gasteiger partial charge on any atom is 0.348 e. The average Bonchev–Trinajstić information content (AvgIpc) is 1.65. The zero-order valence-corrected chi connectivity index (χ0v) is 65.6. The Balaban J connectivity index is 0.000000134. The van der Waals surface area contributed by atoms with Crippen LogP contribution >= 0.6 is 22.9 Å². The summed E-state index contributed by atoms with van der Waals surface area (Å²) >= 11 is 7.23. The zero-order valence-electron chi connectivity index (χ0n) is 64.0. The van der Waals surface area contributed by atoms with E-state index in [9.17, 15) is 38.4 Å². The number of furan rings is 1. The molecule has 8 bridgehead atoms. The Morgan fingerprint density at radius 2 is 0.757 bits per heavy atom. The van der Waals surface area contributed by atoms with Crippen LogP contribution in [0.2, 0.25) is 5.02 Å². The van der Waals surface area contributed by atoms with Gasteiger partial charge in [0.2, 0.25) is 0 Å². The molecule has 0 radical (unpaired) electrons. The third-order valence-corrected chi connectivity index (χ3v) is 22.5. The van der Waals surface area contributed by atoms with E-state index < -0.39 is 60.6 Å². The highest BCUT2D eigenvalue weighted by molar-refractivity contribution is 7.12. The first-order valence-corrected chi connectivity index (χ1v) is 38.9. The molecule has 2 aromatic carbocycles. The van der Waals surface area contributed by atoms with Gasteiger partial charge in [0.05, 0.1) is 35.5 Å². The van der Waals surface area contributed by atoms with Gasteiger partial charge in [0.15, 0.2) is 0 Å². The molecule has 4 aromatic rings. The van der Waals surface area contributed by atoms with Crippen LogP contribution in [-0.4, -0.2) is 121 Å². The first-order valence-electron chi connectivity index (χ1n) is 37.7. The molecule has 0 N–H and O–H groups in total. The quantitative estimate of drug-likeness (QED) is 0.0618. The lowest BCUT2D eigenvalue weighted by molar-refractivity contribution is -0.144. The minimum atomic E-state index is -0.604. The predicted octanol–water partition coefficient (Wildman–Crippen LogP) is 16.7. The highest BCUT2D eigenvalue weighted by atomic mass is 35.5. The van der Waals surface area contributed by atoms with Crippen molar-refractivity contribution in [2.75, 3.05) is 0 Å². The molecule has 4 unspecified atom stereocenters. The van der Waals surface area contributed by atoms with Gasteiger partial charge in [-0.15, -0.1) is 11.3 Å². The number of carbonyl (C=O) groups excluding carboxylic acids is 8. The molecule has 23 heteroatoms. The molecular weight excluding hydrogens is 1510 g/mol. The van der Waals surface area contributed by atoms with Crippen LogP contribution in [-0.2, 0) is 85.6 Å². The second-order valence-corrected chi connectivity index (χ2v) is 31.3. The van der Waals surface area contributed by atoms with Crippen molar-refractivity contribution in [1.82, 2.24) is 0 Å². The fraction of sp³-hybridized carbons (Fsp3) is 0.304. The monoisotopic (exact) mass is 1590 g/mol. The number of fused-ring (bicyclic) bond motifs is 8. The SMILES string of the molecule is C=C1OC2CC3=C[C@@H](C/C(C)=C/[C@@H](OC(=O)/C=C/c4ccc(Cl)cc4)[C@@H]2C1=C)OC3=O.C=C1OC2CC3=C[C@@H](C/C(C)=C/[C@@H](OC(=O)/C=C/c4ccco4)[C@@H]2C1=C)OC3=O.C=C1OC2CC3=C[C@@H](C/C(C)=C/[C@@H](OC(=O)c4ccccc4)[C@@H]2C1=C)OC3=O.C=C1OC2CC3=C[C@@H](C/C(C)=C/[C@@H](OC(=O)c4cccs4)[C@@H]2C1=C)OC3=O. The number of rotatable bonds is 10. The van der Waals surface area contributed by atoms with Gasteiger partial charge in [0.25, 0.3) is 0 Å². The number of hydrogen-bond acceptors (Lipinski definition) is 22. The van der Waals surface area contributed by atoms with Crippen molar-refractivity contribution in [2.24, 2.45) is 23.7 Å². The molecule has 594 valence electrons. The number of ether oxygens (including phenoxy) is 12. The van der Waals surface area contributed by atoms with Crippen molar-refractivity contribution in [1.29, 1.82) is 0 Å². The van der Waals surface area contributed by atoms with Crippen molar-refractivity contribution in [3.63, 3.8) is 0 Å². The molecule has 21 nitrogen and oxygen atoms in total. The Bertz CT molecular complexity index is 5010. The van der Waals surface area contributed by atoms with E-state index in [0.717, 1.165) is 27.9 Å². The third kappa shape index (κ3) is 19.3. The topological polar surface area (TPSA) is 260 Å². The second kappa shape index (κ2) is 35.2. The summed E-state index contributed by atoms with van der Waals surface area (Å²) in [6.45, 7) is 39.8. The normalized spacial score (nSPS) is 30.8. The number of halogens is 1. The van der Waals surface area contributed by atoms with Gasteiger partial charge < -0.3 is 61.3 Å². The largest absolute Gasteiger partial charge is 0.490 e. The summed E-state index contributed by atoms with van der Waals surface area (Å²) in [5.41, 5.74) is 10.2. The van der Waals surface area contributed by atoms with Crippen LogP contribution in [0.5, 0.6) is 0 Å². The molecule has 16 rings (SSSR count). The Morgan fingerprint density at radius 1 is 0.400 bits per heavy atom. The smallest absolute Gasteiger partial charge is 0.348 e. The molecule has 0 amide bonds. The molecule has 16 atom stereocenters. The Morgan fingerprint density at radius 3 is 1.10 bits per heavy atom. The minimum absolute atomic E-state index is 0.290. The summed E-state index contributed by atoms with van der Waals surface area (Å²) < 4.78 is 73.8. The molecular formula is C92H87ClO21S. The van der Waals surface area contributed by atoms with Gasteiger partial charge in [-0.25, -0.2) is 38.4 Å². The van der Waals surface area contributed by atoms with E-state index in [-0.39, 0.29) is 84.0 Å². The summed E-state index contributed by atoms with van der Waals surface area (Å²) in [6.07, 6.45) is 21.0. The number of esters is 8. The van der Waals surface area contributed by atoms with E-state index in [1.807, 2.05) is 106 Å². The van der Waals surface area contributed by atoms with Gasteiger partial charge in [-0.2, -0.15) is 0 Å². The number of benzene rings is 2. The number of hydrogen-bond donors (Lipinski definition) is 0. The minimum Gasteiger partial charge on any atom is -0.490 e. The second-order valence-electron chi connectivity index (χ2n) is 29.9. The first-order chi connectivity index (χ1) is 55.0. The van der Waals surface area contributed by atoms with E-state index in [0.29, 0.717) is 140 Å². The van der Waals surface area contributed by atoms with Crippen molar-refractivity contribution in [3.05, 3.63) is 321 Å². The first kappa shape index (κ1) is 81.0. The van der Waals surface area contributed by atoms with Gasteiger partial charge in [0.1, 0.15) is 107 Å². The van der Waals surface area contributed by atoms with Crippen LogP contribution < -0.4 is 0 Å². The highest BCUT2D eigenvalue weighted by Crippen LogP contribution is 2.47. The summed E-state index contributed by atoms with van der Waals surface area (Å²) in [5.74, 6) is -2.01. The summed E-state index contributed by atoms with van der Waals surface area (Å²) in [7, 11) is 0. The molecule has 2 aromatic heterocycles. The lowest BCUT2D eigenvalue weighted by Gasteiger charge is -2.26. The Labute approximate surface area is 675 Å². The van der Waals surface area contributed by atoms with Gasteiger partial charge in [-0.3, -0.25) is 0 Å². The Hall–Kier alpha value is -12.0. The fourth-order valence-electron chi connectivity index (χ4n) is 15.8. The van der Waals surface area contributed by atoms with Gasteiger partial charge in [-0.05, 0) is 164 Å². The van der Waals surface area contributed by atoms with E-state index in [4.69, 9.17) is 72.9 Å². The molecule has 0 spiro atoms. The molecule has 10 heterocycles. The lowest BCUT2D eigenvalue weighted by Crippen LogP contribution is -2.33. The van der Waals surface area contributed by atoms with Crippen molar-refractivity contribution in [2.45, 2.75) is 152 Å². The molecule has 8 aliphatic heterocycles. The summed E-state index contributed by atoms with van der Waals surface area (Å²) in [5, 5.41) is 2.46. The predicted molar refractivity (Wildman–Crippen MR) is 428 cm³/mol. The fourth-order valence-corrected chi connectivity index (χ4v) is 16.5. The number of carbonyl (C=O) groups is 8. The van der Waals surface area contributed by atoms with Crippen molar-refractivity contribution in [3.8, 4) is 0 Å². The van der Waals surface area contributed by atoms with Crippen LogP contribution in [0.25, 0.3) is 12.2 Å². The van der Waals surface area contributed by atoms with Crippen LogP contribution in [0.15, 0.2) is 298 Å². The van der Waals surface area contributed by atoms with Gasteiger partial charge in [-0.1, -0.05) is 123 Å². The van der Waals surface area contributed by atoms with E-state index in [2.05, 4.69) is 52.6 Å². The maximum absolute atomic E-state index is 12.7. The summed E-state index contributed by atoms with van der Waals surface area (Å²) in [6, 6.07) is 23.0.